The highest BCUT2D eigenvalue weighted by molar-refractivity contribution is 7.89. The monoisotopic (exact) mass is 303 g/mol. The largest absolute Gasteiger partial charge is 0.480 e. The Labute approximate surface area is 119 Å². The third-order valence-corrected chi connectivity index (χ3v) is 4.22. The van der Waals surface area contributed by atoms with Gasteiger partial charge in [0, 0.05) is 12.7 Å². The first-order valence-electron chi connectivity index (χ1n) is 6.48. The Bertz CT molecular complexity index is 578. The van der Waals surface area contributed by atoms with Gasteiger partial charge >= 0.3 is 5.97 Å². The summed E-state index contributed by atoms with van der Waals surface area (Å²) in [7, 11) is -3.93. The summed E-state index contributed by atoms with van der Waals surface area (Å²) >= 11 is 0. The zero-order valence-electron chi connectivity index (χ0n) is 12.1. The van der Waals surface area contributed by atoms with Crippen molar-refractivity contribution in [1.29, 1.82) is 0 Å². The van der Waals surface area contributed by atoms with Crippen molar-refractivity contribution in [2.24, 2.45) is 5.92 Å². The minimum Gasteiger partial charge on any atom is -0.480 e. The molecule has 1 aromatic rings. The predicted octanol–water partition coefficient (Wildman–Crippen LogP) is 0.989. The number of imidazole rings is 1. The molecule has 0 saturated heterocycles. The number of hydrogen-bond acceptors (Lipinski definition) is 4. The summed E-state index contributed by atoms with van der Waals surface area (Å²) in [5.41, 5.74) is 0. The summed E-state index contributed by atoms with van der Waals surface area (Å²) < 4.78 is 28.3. The number of aryl methyl sites for hydroxylation is 2. The van der Waals surface area contributed by atoms with E-state index in [1.165, 1.54) is 6.20 Å². The molecule has 1 rings (SSSR count). The number of aromatic nitrogens is 2. The van der Waals surface area contributed by atoms with E-state index in [4.69, 9.17) is 5.11 Å². The number of nitrogens with zero attached hydrogens (tertiary/aromatic N) is 2. The van der Waals surface area contributed by atoms with Crippen LogP contribution in [0.1, 0.15) is 33.0 Å². The van der Waals surface area contributed by atoms with Crippen molar-refractivity contribution in [3.63, 3.8) is 0 Å². The lowest BCUT2D eigenvalue weighted by atomic mass is 10.1. The summed E-state index contributed by atoms with van der Waals surface area (Å²) in [5.74, 6) is -0.974. The minimum absolute atomic E-state index is 0.143. The van der Waals surface area contributed by atoms with Crippen molar-refractivity contribution in [1.82, 2.24) is 14.3 Å². The van der Waals surface area contributed by atoms with Crippen molar-refractivity contribution < 1.29 is 18.3 Å². The first-order chi connectivity index (χ1) is 9.19. The zero-order valence-corrected chi connectivity index (χ0v) is 12.9. The number of aliphatic carboxylic acids is 1. The van der Waals surface area contributed by atoms with Crippen LogP contribution in [-0.2, 0) is 21.4 Å². The molecule has 0 aliphatic rings. The van der Waals surface area contributed by atoms with Crippen LogP contribution in [-0.4, -0.2) is 35.1 Å². The van der Waals surface area contributed by atoms with Gasteiger partial charge in [-0.1, -0.05) is 20.8 Å². The molecule has 0 spiro atoms. The number of nitrogens with one attached hydrogen (secondary N) is 1. The van der Waals surface area contributed by atoms with Gasteiger partial charge in [0.25, 0.3) is 10.0 Å². The normalized spacial score (nSPS) is 13.7. The molecule has 2 N–H and O–H groups in total. The first kappa shape index (κ1) is 16.6. The molecule has 1 heterocycles. The maximum Gasteiger partial charge on any atom is 0.322 e. The second-order valence-corrected chi connectivity index (χ2v) is 6.66. The molecular weight excluding hydrogens is 282 g/mol. The van der Waals surface area contributed by atoms with E-state index in [0.29, 0.717) is 12.4 Å². The Hall–Kier alpha value is -1.41. The molecule has 0 aliphatic heterocycles. The van der Waals surface area contributed by atoms with E-state index in [1.807, 2.05) is 6.92 Å². The molecule has 114 valence electrons. The van der Waals surface area contributed by atoms with Gasteiger partial charge < -0.3 is 9.67 Å². The average Bonchev–Trinajstić information content (AvgIpc) is 2.69. The van der Waals surface area contributed by atoms with Gasteiger partial charge in [-0.3, -0.25) is 4.79 Å². The maximum atomic E-state index is 12.2. The van der Waals surface area contributed by atoms with E-state index in [9.17, 15) is 13.2 Å². The number of sulfonamides is 1. The van der Waals surface area contributed by atoms with Crippen molar-refractivity contribution >= 4 is 16.0 Å². The Morgan fingerprint density at radius 2 is 2.10 bits per heavy atom. The standard InChI is InChI=1S/C12H21N3O4S/c1-5-6-15-7-10(13-9(15)4)20(18,19)14-11(8(2)3)12(16)17/h7-8,11,14H,5-6H2,1-4H3,(H,16,17)/t11-/m0/s1. The Kier molecular flexibility index (Phi) is 5.29. The lowest BCUT2D eigenvalue weighted by Crippen LogP contribution is -2.44. The number of carboxylic acids is 1. The van der Waals surface area contributed by atoms with Crippen LogP contribution in [0, 0.1) is 12.8 Å². The van der Waals surface area contributed by atoms with Crippen molar-refractivity contribution in [2.75, 3.05) is 0 Å². The molecule has 0 amide bonds. The lowest BCUT2D eigenvalue weighted by molar-refractivity contribution is -0.140. The SMILES string of the molecule is CCCn1cc(S(=O)(=O)N[C@H](C(=O)O)C(C)C)nc1C. The highest BCUT2D eigenvalue weighted by Gasteiger charge is 2.29. The fourth-order valence-corrected chi connectivity index (χ4v) is 3.12. The molecule has 0 unspecified atom stereocenters. The molecule has 1 atom stereocenters. The molecule has 0 saturated carbocycles. The van der Waals surface area contributed by atoms with E-state index in [0.717, 1.165) is 6.42 Å². The van der Waals surface area contributed by atoms with Crippen LogP contribution in [0.25, 0.3) is 0 Å². The highest BCUT2D eigenvalue weighted by atomic mass is 32.2. The van der Waals surface area contributed by atoms with E-state index >= 15 is 0 Å². The second kappa shape index (κ2) is 6.36. The van der Waals surface area contributed by atoms with Gasteiger partial charge in [-0.05, 0) is 19.3 Å². The summed E-state index contributed by atoms with van der Waals surface area (Å²) in [4.78, 5) is 15.1. The molecule has 20 heavy (non-hydrogen) atoms. The second-order valence-electron chi connectivity index (χ2n) is 5.00. The smallest absolute Gasteiger partial charge is 0.322 e. The predicted molar refractivity (Wildman–Crippen MR) is 73.8 cm³/mol. The van der Waals surface area contributed by atoms with Crippen molar-refractivity contribution in [3.05, 3.63) is 12.0 Å². The van der Waals surface area contributed by atoms with Crippen LogP contribution in [0.2, 0.25) is 0 Å². The van der Waals surface area contributed by atoms with Gasteiger partial charge in [0.2, 0.25) is 0 Å². The van der Waals surface area contributed by atoms with Crippen LogP contribution in [0.5, 0.6) is 0 Å². The number of rotatable bonds is 7. The van der Waals surface area contributed by atoms with Gasteiger partial charge in [-0.2, -0.15) is 4.72 Å². The molecule has 0 radical (unpaired) electrons. The van der Waals surface area contributed by atoms with Gasteiger partial charge in [0.05, 0.1) is 0 Å². The van der Waals surface area contributed by atoms with Crippen LogP contribution in [0.15, 0.2) is 11.2 Å². The first-order valence-corrected chi connectivity index (χ1v) is 7.96. The minimum atomic E-state index is -3.93. The molecule has 0 bridgehead atoms. The average molecular weight is 303 g/mol. The van der Waals surface area contributed by atoms with Gasteiger partial charge in [0.1, 0.15) is 11.9 Å². The Balaban J connectivity index is 3.04. The van der Waals surface area contributed by atoms with Crippen molar-refractivity contribution in [2.45, 2.75) is 51.7 Å². The summed E-state index contributed by atoms with van der Waals surface area (Å²) in [6.45, 7) is 7.64. The fraction of sp³-hybridized carbons (Fsp3) is 0.667. The summed E-state index contributed by atoms with van der Waals surface area (Å²) in [6, 6.07) is -1.17. The number of hydrogen-bond donors (Lipinski definition) is 2. The van der Waals surface area contributed by atoms with Gasteiger partial charge in [-0.15, -0.1) is 0 Å². The third-order valence-electron chi connectivity index (χ3n) is 2.91. The zero-order chi connectivity index (χ0) is 15.5. The molecule has 0 fully saturated rings. The van der Waals surface area contributed by atoms with E-state index < -0.39 is 22.0 Å². The lowest BCUT2D eigenvalue weighted by Gasteiger charge is -2.16. The fourth-order valence-electron chi connectivity index (χ4n) is 1.78. The molecular formula is C12H21N3O4S. The summed E-state index contributed by atoms with van der Waals surface area (Å²) in [5, 5.41) is 8.90. The Morgan fingerprint density at radius 1 is 1.50 bits per heavy atom. The molecule has 1 aromatic heterocycles. The number of carboxylic acid groups (broad SMARTS) is 1. The van der Waals surface area contributed by atoms with Crippen LogP contribution in [0.4, 0.5) is 0 Å². The molecule has 8 heteroatoms. The Morgan fingerprint density at radius 3 is 2.55 bits per heavy atom. The molecule has 7 nitrogen and oxygen atoms in total. The van der Waals surface area contributed by atoms with Gasteiger partial charge in [0.15, 0.2) is 5.03 Å². The molecule has 0 aliphatic carbocycles. The summed E-state index contributed by atoms with van der Waals surface area (Å²) in [6.07, 6.45) is 2.29. The van der Waals surface area contributed by atoms with Crippen molar-refractivity contribution in [3.8, 4) is 0 Å². The topological polar surface area (TPSA) is 101 Å². The van der Waals surface area contributed by atoms with Gasteiger partial charge in [-0.25, -0.2) is 13.4 Å². The van der Waals surface area contributed by atoms with E-state index in [2.05, 4.69) is 9.71 Å². The van der Waals surface area contributed by atoms with Crippen LogP contribution < -0.4 is 4.72 Å². The number of carbonyl (C=O) groups is 1. The van der Waals surface area contributed by atoms with Crippen LogP contribution >= 0.6 is 0 Å². The van der Waals surface area contributed by atoms with Crippen LogP contribution in [0.3, 0.4) is 0 Å². The maximum absolute atomic E-state index is 12.2. The highest BCUT2D eigenvalue weighted by Crippen LogP contribution is 2.12. The molecule has 0 aromatic carbocycles. The third kappa shape index (κ3) is 3.80. The van der Waals surface area contributed by atoms with E-state index in [1.54, 1.807) is 25.3 Å². The van der Waals surface area contributed by atoms with E-state index in [-0.39, 0.29) is 10.9 Å². The quantitative estimate of drug-likeness (QED) is 0.782.